The highest BCUT2D eigenvalue weighted by molar-refractivity contribution is 8.00. The molecule has 1 aliphatic heterocycles. The number of carbonyl (C=O) groups is 1. The van der Waals surface area contributed by atoms with Crippen LogP contribution in [0.5, 0.6) is 0 Å². The van der Waals surface area contributed by atoms with Gasteiger partial charge in [0.25, 0.3) is 0 Å². The SMILES string of the molecule is O=C(O)[C@@H]1CSC2(CCCC(C3CC3)C2)N1. The number of carboxylic acid groups (broad SMARTS) is 1. The van der Waals surface area contributed by atoms with Crippen LogP contribution in [-0.4, -0.2) is 27.7 Å². The number of hydrogen-bond donors (Lipinski definition) is 2. The second-order valence-corrected chi connectivity index (χ2v) is 6.94. The predicted octanol–water partition coefficient (Wildman–Crippen LogP) is 2.07. The first-order valence-corrected chi connectivity index (χ1v) is 7.32. The molecule has 3 nitrogen and oxygen atoms in total. The standard InChI is InChI=1S/C12H19NO2S/c14-11(15)10-7-16-12(13-10)5-1-2-9(6-12)8-3-4-8/h8-10,13H,1-7H2,(H,14,15)/t9?,10-,12?/m0/s1. The zero-order valence-corrected chi connectivity index (χ0v) is 10.3. The maximum Gasteiger partial charge on any atom is 0.321 e. The number of carboxylic acids is 1. The van der Waals surface area contributed by atoms with Crippen LogP contribution in [0.25, 0.3) is 0 Å². The Morgan fingerprint density at radius 2 is 2.12 bits per heavy atom. The average Bonchev–Trinajstić information content (AvgIpc) is 3.03. The molecular formula is C12H19NO2S. The van der Waals surface area contributed by atoms with Gasteiger partial charge in [-0.3, -0.25) is 10.1 Å². The van der Waals surface area contributed by atoms with Gasteiger partial charge in [-0.1, -0.05) is 6.42 Å². The molecule has 3 rings (SSSR count). The molecular weight excluding hydrogens is 222 g/mol. The summed E-state index contributed by atoms with van der Waals surface area (Å²) in [6, 6.07) is -0.317. The van der Waals surface area contributed by atoms with Crippen molar-refractivity contribution in [2.24, 2.45) is 11.8 Å². The molecule has 2 unspecified atom stereocenters. The fourth-order valence-electron chi connectivity index (χ4n) is 3.29. The maximum absolute atomic E-state index is 11.0. The Morgan fingerprint density at radius 1 is 1.31 bits per heavy atom. The van der Waals surface area contributed by atoms with Crippen molar-refractivity contribution in [2.75, 3.05) is 5.75 Å². The van der Waals surface area contributed by atoms with Gasteiger partial charge < -0.3 is 5.11 Å². The molecule has 0 amide bonds. The summed E-state index contributed by atoms with van der Waals surface area (Å²) in [6.07, 6.45) is 7.82. The van der Waals surface area contributed by atoms with Crippen LogP contribution in [0.4, 0.5) is 0 Å². The lowest BCUT2D eigenvalue weighted by Gasteiger charge is -2.38. The molecule has 2 saturated carbocycles. The summed E-state index contributed by atoms with van der Waals surface area (Å²) in [7, 11) is 0. The highest BCUT2D eigenvalue weighted by atomic mass is 32.2. The zero-order chi connectivity index (χ0) is 11.2. The number of hydrogen-bond acceptors (Lipinski definition) is 3. The fourth-order valence-corrected chi connectivity index (χ4v) is 4.84. The van der Waals surface area contributed by atoms with E-state index in [1.165, 1.54) is 32.1 Å². The molecule has 0 aromatic heterocycles. The Hall–Kier alpha value is -0.220. The van der Waals surface area contributed by atoms with E-state index in [2.05, 4.69) is 5.32 Å². The molecule has 2 N–H and O–H groups in total. The van der Waals surface area contributed by atoms with Gasteiger partial charge >= 0.3 is 5.97 Å². The van der Waals surface area contributed by atoms with E-state index in [-0.39, 0.29) is 10.9 Å². The molecule has 3 fully saturated rings. The quantitative estimate of drug-likeness (QED) is 0.777. The summed E-state index contributed by atoms with van der Waals surface area (Å²) in [6.45, 7) is 0. The average molecular weight is 241 g/mol. The maximum atomic E-state index is 11.0. The van der Waals surface area contributed by atoms with Gasteiger partial charge in [0.15, 0.2) is 0 Å². The molecule has 90 valence electrons. The van der Waals surface area contributed by atoms with Crippen LogP contribution in [0.3, 0.4) is 0 Å². The third kappa shape index (κ3) is 1.97. The van der Waals surface area contributed by atoms with Gasteiger partial charge in [-0.15, -0.1) is 11.8 Å². The van der Waals surface area contributed by atoms with Gasteiger partial charge in [0.05, 0.1) is 4.87 Å². The summed E-state index contributed by atoms with van der Waals surface area (Å²) >= 11 is 1.86. The summed E-state index contributed by atoms with van der Waals surface area (Å²) in [4.78, 5) is 11.1. The van der Waals surface area contributed by atoms with Crippen molar-refractivity contribution in [1.29, 1.82) is 0 Å². The van der Waals surface area contributed by atoms with Crippen LogP contribution in [0.1, 0.15) is 38.5 Å². The molecule has 4 heteroatoms. The van der Waals surface area contributed by atoms with Crippen LogP contribution in [0, 0.1) is 11.8 Å². The summed E-state index contributed by atoms with van der Waals surface area (Å²) in [5.41, 5.74) is 0. The van der Waals surface area contributed by atoms with Crippen LogP contribution < -0.4 is 5.32 Å². The highest BCUT2D eigenvalue weighted by Gasteiger charge is 2.47. The molecule has 16 heavy (non-hydrogen) atoms. The first-order valence-electron chi connectivity index (χ1n) is 6.33. The molecule has 0 aromatic rings. The topological polar surface area (TPSA) is 49.3 Å². The van der Waals surface area contributed by atoms with Gasteiger partial charge in [-0.25, -0.2) is 0 Å². The number of thioether (sulfide) groups is 1. The Labute approximate surface area is 100 Å². The number of aliphatic carboxylic acids is 1. The number of nitrogens with one attached hydrogen (secondary N) is 1. The Bertz CT molecular complexity index is 305. The first kappa shape index (κ1) is 10.9. The molecule has 0 bridgehead atoms. The van der Waals surface area contributed by atoms with Gasteiger partial charge in [-0.2, -0.15) is 0 Å². The molecule has 1 heterocycles. The molecule has 1 saturated heterocycles. The second-order valence-electron chi connectivity index (χ2n) is 5.53. The minimum Gasteiger partial charge on any atom is -0.480 e. The molecule has 1 spiro atoms. The Morgan fingerprint density at radius 3 is 2.75 bits per heavy atom. The molecule has 2 aliphatic carbocycles. The second kappa shape index (κ2) is 3.91. The monoisotopic (exact) mass is 241 g/mol. The van der Waals surface area contributed by atoms with Crippen molar-refractivity contribution in [2.45, 2.75) is 49.4 Å². The summed E-state index contributed by atoms with van der Waals surface area (Å²) in [5.74, 6) is 1.88. The smallest absolute Gasteiger partial charge is 0.321 e. The van der Waals surface area contributed by atoms with Crippen molar-refractivity contribution >= 4 is 17.7 Å². The predicted molar refractivity (Wildman–Crippen MR) is 64.4 cm³/mol. The van der Waals surface area contributed by atoms with Gasteiger partial charge in [0.2, 0.25) is 0 Å². The van der Waals surface area contributed by atoms with Crippen LogP contribution in [0.15, 0.2) is 0 Å². The van der Waals surface area contributed by atoms with Crippen molar-refractivity contribution < 1.29 is 9.90 Å². The van der Waals surface area contributed by atoms with E-state index in [0.29, 0.717) is 0 Å². The van der Waals surface area contributed by atoms with Gasteiger partial charge in [0, 0.05) is 5.75 Å². The van der Waals surface area contributed by atoms with Crippen molar-refractivity contribution in [3.05, 3.63) is 0 Å². The lowest BCUT2D eigenvalue weighted by molar-refractivity contribution is -0.139. The van der Waals surface area contributed by atoms with E-state index in [0.717, 1.165) is 24.0 Å². The van der Waals surface area contributed by atoms with E-state index >= 15 is 0 Å². The summed E-state index contributed by atoms with van der Waals surface area (Å²) < 4.78 is 0. The van der Waals surface area contributed by atoms with E-state index < -0.39 is 5.97 Å². The largest absolute Gasteiger partial charge is 0.480 e. The molecule has 3 atom stereocenters. The van der Waals surface area contributed by atoms with Gasteiger partial charge in [-0.05, 0) is 43.9 Å². The lowest BCUT2D eigenvalue weighted by Crippen LogP contribution is -2.47. The van der Waals surface area contributed by atoms with Crippen LogP contribution in [0.2, 0.25) is 0 Å². The molecule has 0 radical (unpaired) electrons. The van der Waals surface area contributed by atoms with E-state index in [1.54, 1.807) is 0 Å². The minimum absolute atomic E-state index is 0.106. The first-order chi connectivity index (χ1) is 7.69. The Kier molecular flexibility index (Phi) is 2.67. The van der Waals surface area contributed by atoms with E-state index in [1.807, 2.05) is 11.8 Å². The summed E-state index contributed by atoms with van der Waals surface area (Å²) in [5, 5.41) is 12.4. The van der Waals surface area contributed by atoms with Crippen molar-refractivity contribution in [1.82, 2.24) is 5.32 Å². The van der Waals surface area contributed by atoms with Crippen LogP contribution >= 0.6 is 11.8 Å². The third-order valence-corrected chi connectivity index (χ3v) is 5.84. The highest BCUT2D eigenvalue weighted by Crippen LogP contribution is 2.51. The molecule has 0 aromatic carbocycles. The fraction of sp³-hybridized carbons (Fsp3) is 0.917. The van der Waals surface area contributed by atoms with E-state index in [9.17, 15) is 4.79 Å². The van der Waals surface area contributed by atoms with Crippen molar-refractivity contribution in [3.8, 4) is 0 Å². The Balaban J connectivity index is 1.66. The number of rotatable bonds is 2. The lowest BCUT2D eigenvalue weighted by atomic mass is 9.82. The normalized spacial score (nSPS) is 43.8. The molecule has 3 aliphatic rings. The minimum atomic E-state index is -0.682. The van der Waals surface area contributed by atoms with Crippen molar-refractivity contribution in [3.63, 3.8) is 0 Å². The van der Waals surface area contributed by atoms with Gasteiger partial charge in [0.1, 0.15) is 6.04 Å². The zero-order valence-electron chi connectivity index (χ0n) is 9.45. The third-order valence-electron chi connectivity index (χ3n) is 4.30. The van der Waals surface area contributed by atoms with Crippen LogP contribution in [-0.2, 0) is 4.79 Å². The van der Waals surface area contributed by atoms with E-state index in [4.69, 9.17) is 5.11 Å².